The van der Waals surface area contributed by atoms with E-state index in [0.717, 1.165) is 70.6 Å². The van der Waals surface area contributed by atoms with E-state index in [2.05, 4.69) is 86.8 Å². The first-order valence-corrected chi connectivity index (χ1v) is 33.5. The summed E-state index contributed by atoms with van der Waals surface area (Å²) in [5.41, 5.74) is 0. The maximum absolute atomic E-state index is 12.3. The fourth-order valence-electron chi connectivity index (χ4n) is 9.93. The van der Waals surface area contributed by atoms with Crippen LogP contribution in [-0.2, 0) is 19.1 Å². The fourth-order valence-corrected chi connectivity index (χ4v) is 9.93. The van der Waals surface area contributed by atoms with Crippen molar-refractivity contribution in [1.82, 2.24) is 0 Å². The Morgan fingerprint density at radius 1 is 0.303 bits per heavy atom. The molecule has 1 unspecified atom stereocenters. The van der Waals surface area contributed by atoms with Crippen molar-refractivity contribution >= 4 is 11.9 Å². The normalized spacial score (nSPS) is 12.6. The predicted molar refractivity (Wildman–Crippen MR) is 334 cm³/mol. The molecule has 0 aliphatic carbocycles. The summed E-state index contributed by atoms with van der Waals surface area (Å²) in [4.78, 5) is 24.6. The molecule has 0 saturated heterocycles. The third kappa shape index (κ3) is 63.9. The molecule has 5 heteroatoms. The molecule has 0 bridgehead atoms. The van der Waals surface area contributed by atoms with Crippen molar-refractivity contribution in [1.29, 1.82) is 0 Å². The fraction of sp³-hybridized carbons (Fsp3) is 0.803. The second kappa shape index (κ2) is 66.6. The number of carbonyl (C=O) groups excluding carboxylic acids is 2. The number of hydrogen-bond donors (Lipinski definition) is 1. The molecule has 5 nitrogen and oxygen atoms in total. The lowest BCUT2D eigenvalue weighted by atomic mass is 10.0. The number of hydrogen-bond acceptors (Lipinski definition) is 5. The molecule has 0 heterocycles. The summed E-state index contributed by atoms with van der Waals surface area (Å²) >= 11 is 0. The Kier molecular flexibility index (Phi) is 64.3. The number of esters is 2. The molecule has 76 heavy (non-hydrogen) atoms. The number of allylic oxidation sites excluding steroid dienone is 12. The van der Waals surface area contributed by atoms with E-state index >= 15 is 0 Å². The zero-order valence-electron chi connectivity index (χ0n) is 50.8. The third-order valence-corrected chi connectivity index (χ3v) is 15.0. The molecule has 0 aliphatic heterocycles. The van der Waals surface area contributed by atoms with Gasteiger partial charge in [0, 0.05) is 12.8 Å². The van der Waals surface area contributed by atoms with Gasteiger partial charge in [-0.25, -0.2) is 0 Å². The molecule has 0 aromatic carbocycles. The summed E-state index contributed by atoms with van der Waals surface area (Å²) in [6.07, 6.45) is 92.1. The van der Waals surface area contributed by atoms with Gasteiger partial charge in [0.15, 0.2) is 6.10 Å². The lowest BCUT2D eigenvalue weighted by Gasteiger charge is -2.15. The Balaban J connectivity index is 3.41. The van der Waals surface area contributed by atoms with Crippen LogP contribution in [0.25, 0.3) is 0 Å². The van der Waals surface area contributed by atoms with Crippen molar-refractivity contribution in [3.63, 3.8) is 0 Å². The van der Waals surface area contributed by atoms with E-state index in [4.69, 9.17) is 9.47 Å². The lowest BCUT2D eigenvalue weighted by Crippen LogP contribution is -2.28. The van der Waals surface area contributed by atoms with Gasteiger partial charge in [-0.3, -0.25) is 9.59 Å². The van der Waals surface area contributed by atoms with Crippen LogP contribution in [0, 0.1) is 0 Å². The minimum atomic E-state index is -0.779. The number of carbonyl (C=O) groups is 2. The molecule has 0 fully saturated rings. The molecule has 0 rings (SSSR count). The largest absolute Gasteiger partial charge is 0.462 e. The lowest BCUT2D eigenvalue weighted by molar-refractivity contribution is -0.161. The standard InChI is InChI=1S/C71H128O5/c1-3-5-7-9-11-13-15-17-19-21-23-25-26-27-28-29-30-31-32-33-34-35-36-37-38-39-40-41-42-43-44-46-48-50-52-54-56-58-60-62-64-66-71(74)76-69(67-72)68-75-70(73)65-63-61-59-57-55-53-51-49-47-45-24-22-20-18-16-14-12-10-8-6-4-2/h15-18,21-24,26-27,47,49,69,72H,3-14,19-20,25,28-46,48,50-68H2,1-2H3/b17-15-,18-16-,23-21-,24-22-,27-26-,49-47-. The maximum atomic E-state index is 12.3. The summed E-state index contributed by atoms with van der Waals surface area (Å²) < 4.78 is 10.7. The molecule has 0 amide bonds. The molecule has 0 radical (unpaired) electrons. The molecular weight excluding hydrogens is 933 g/mol. The van der Waals surface area contributed by atoms with E-state index in [0.29, 0.717) is 12.8 Å². The van der Waals surface area contributed by atoms with Crippen LogP contribution < -0.4 is 0 Å². The highest BCUT2D eigenvalue weighted by atomic mass is 16.6. The zero-order chi connectivity index (χ0) is 54.8. The van der Waals surface area contributed by atoms with Crippen LogP contribution in [0.5, 0.6) is 0 Å². The first-order valence-electron chi connectivity index (χ1n) is 33.5. The van der Waals surface area contributed by atoms with Gasteiger partial charge in [0.25, 0.3) is 0 Å². The average Bonchev–Trinajstić information content (AvgIpc) is 3.42. The smallest absolute Gasteiger partial charge is 0.306 e. The topological polar surface area (TPSA) is 72.8 Å². The van der Waals surface area contributed by atoms with Crippen LogP contribution in [0.1, 0.15) is 348 Å². The predicted octanol–water partition coefficient (Wildman–Crippen LogP) is 23.1. The van der Waals surface area contributed by atoms with Crippen molar-refractivity contribution < 1.29 is 24.2 Å². The molecule has 1 atom stereocenters. The van der Waals surface area contributed by atoms with Crippen LogP contribution in [-0.4, -0.2) is 36.4 Å². The number of aliphatic hydroxyl groups is 1. The molecule has 1 N–H and O–H groups in total. The number of ether oxygens (including phenoxy) is 2. The molecule has 0 aromatic rings. The van der Waals surface area contributed by atoms with E-state index in [1.54, 1.807) is 0 Å². The van der Waals surface area contributed by atoms with E-state index in [-0.39, 0.29) is 25.2 Å². The molecular formula is C71H128O5. The third-order valence-electron chi connectivity index (χ3n) is 15.0. The van der Waals surface area contributed by atoms with Crippen molar-refractivity contribution in [2.45, 2.75) is 354 Å². The molecule has 0 aliphatic rings. The van der Waals surface area contributed by atoms with E-state index in [1.165, 1.54) is 250 Å². The molecule has 0 aromatic heterocycles. The van der Waals surface area contributed by atoms with E-state index in [1.807, 2.05) is 0 Å². The highest BCUT2D eigenvalue weighted by molar-refractivity contribution is 5.70. The van der Waals surface area contributed by atoms with E-state index < -0.39 is 6.10 Å². The maximum Gasteiger partial charge on any atom is 0.306 e. The molecule has 0 saturated carbocycles. The number of aliphatic hydroxyl groups excluding tert-OH is 1. The van der Waals surface area contributed by atoms with Gasteiger partial charge < -0.3 is 14.6 Å². The summed E-state index contributed by atoms with van der Waals surface area (Å²) in [7, 11) is 0. The Hall–Kier alpha value is -2.66. The molecule has 0 spiro atoms. The second-order valence-electron chi connectivity index (χ2n) is 22.5. The second-order valence-corrected chi connectivity index (χ2v) is 22.5. The van der Waals surface area contributed by atoms with Gasteiger partial charge in [0.05, 0.1) is 6.61 Å². The first kappa shape index (κ1) is 73.3. The quantitative estimate of drug-likeness (QED) is 0.0373. The van der Waals surface area contributed by atoms with Gasteiger partial charge >= 0.3 is 11.9 Å². The first-order chi connectivity index (χ1) is 37.6. The Labute approximate surface area is 473 Å². The summed E-state index contributed by atoms with van der Waals surface area (Å²) in [5.74, 6) is -0.592. The van der Waals surface area contributed by atoms with Crippen molar-refractivity contribution in [2.24, 2.45) is 0 Å². The van der Waals surface area contributed by atoms with Crippen LogP contribution in [0.2, 0.25) is 0 Å². The molecule has 442 valence electrons. The van der Waals surface area contributed by atoms with Gasteiger partial charge in [0.2, 0.25) is 0 Å². The van der Waals surface area contributed by atoms with Crippen LogP contribution in [0.15, 0.2) is 72.9 Å². The summed E-state index contributed by atoms with van der Waals surface area (Å²) in [5, 5.41) is 9.68. The van der Waals surface area contributed by atoms with Gasteiger partial charge in [-0.1, -0.05) is 318 Å². The summed E-state index contributed by atoms with van der Waals surface area (Å²) in [6.45, 7) is 4.14. The SMILES string of the molecule is CCCCCCC/C=C\C/C=C\C/C=C\CCCCCCCCCCCCCCCCCCCCCCCCCCCCC(=O)OC(CO)COC(=O)CCCCCCCC/C=C\C/C=C\C/C=C\CCCCCCC. The Morgan fingerprint density at radius 3 is 0.789 bits per heavy atom. The van der Waals surface area contributed by atoms with Crippen LogP contribution in [0.3, 0.4) is 0 Å². The minimum absolute atomic E-state index is 0.0713. The van der Waals surface area contributed by atoms with Crippen molar-refractivity contribution in [3.05, 3.63) is 72.9 Å². The monoisotopic (exact) mass is 1060 g/mol. The highest BCUT2D eigenvalue weighted by Crippen LogP contribution is 2.18. The van der Waals surface area contributed by atoms with E-state index in [9.17, 15) is 14.7 Å². The van der Waals surface area contributed by atoms with Gasteiger partial charge in [0.1, 0.15) is 6.61 Å². The van der Waals surface area contributed by atoms with Crippen LogP contribution >= 0.6 is 0 Å². The van der Waals surface area contributed by atoms with Gasteiger partial charge in [-0.15, -0.1) is 0 Å². The van der Waals surface area contributed by atoms with Gasteiger partial charge in [-0.05, 0) is 89.9 Å². The number of unbranched alkanes of at least 4 members (excludes halogenated alkanes) is 42. The minimum Gasteiger partial charge on any atom is -0.462 e. The summed E-state index contributed by atoms with van der Waals surface area (Å²) in [6, 6.07) is 0. The number of rotatable bonds is 62. The van der Waals surface area contributed by atoms with Crippen LogP contribution in [0.4, 0.5) is 0 Å². The average molecular weight is 1060 g/mol. The van der Waals surface area contributed by atoms with Crippen molar-refractivity contribution in [2.75, 3.05) is 13.2 Å². The highest BCUT2D eigenvalue weighted by Gasteiger charge is 2.16. The van der Waals surface area contributed by atoms with Crippen molar-refractivity contribution in [3.8, 4) is 0 Å². The zero-order valence-corrected chi connectivity index (χ0v) is 50.8. The Morgan fingerprint density at radius 2 is 0.526 bits per heavy atom. The Bertz CT molecular complexity index is 1340. The van der Waals surface area contributed by atoms with Gasteiger partial charge in [-0.2, -0.15) is 0 Å².